The number of nitrogens with zero attached hydrogens (tertiary/aromatic N) is 1. The van der Waals surface area contributed by atoms with Gasteiger partial charge < -0.3 is 9.15 Å². The van der Waals surface area contributed by atoms with Crippen LogP contribution in [-0.4, -0.2) is 19.3 Å². The number of aliphatic imine (C=N–C) groups is 1. The van der Waals surface area contributed by atoms with Crippen LogP contribution < -0.4 is 0 Å². The van der Waals surface area contributed by atoms with Gasteiger partial charge in [-0.2, -0.15) is 0 Å². The number of furan rings is 1. The number of ether oxygens (including phenoxy) is 1. The van der Waals surface area contributed by atoms with Gasteiger partial charge >= 0.3 is 5.97 Å². The second-order valence-electron chi connectivity index (χ2n) is 7.96. The van der Waals surface area contributed by atoms with Gasteiger partial charge in [-0.25, -0.2) is 9.79 Å². The maximum Gasteiger partial charge on any atom is 0.374 e. The van der Waals surface area contributed by atoms with E-state index in [9.17, 15) is 4.79 Å². The molecule has 25 heavy (non-hydrogen) atoms. The number of esters is 1. The molecule has 1 heterocycles. The number of carbonyl (C=O) groups excluding carboxylic acids is 1. The zero-order valence-corrected chi connectivity index (χ0v) is 15.6. The fourth-order valence-corrected chi connectivity index (χ4v) is 3.43. The molecule has 0 saturated heterocycles. The molecule has 0 radical (unpaired) electrons. The third-order valence-corrected chi connectivity index (χ3v) is 5.20. The SMILES string of the molecule is COC(=O)c1ccc(N=Cc2ccc3c(c2)C(C)(C)CCC3(C)C)o1. The highest BCUT2D eigenvalue weighted by molar-refractivity contribution is 5.87. The lowest BCUT2D eigenvalue weighted by Gasteiger charge is -2.42. The van der Waals surface area contributed by atoms with Crippen molar-refractivity contribution < 1.29 is 13.9 Å². The van der Waals surface area contributed by atoms with E-state index in [1.54, 1.807) is 18.3 Å². The van der Waals surface area contributed by atoms with Crippen LogP contribution in [0.4, 0.5) is 5.88 Å². The summed E-state index contributed by atoms with van der Waals surface area (Å²) in [5.41, 5.74) is 4.21. The van der Waals surface area contributed by atoms with Gasteiger partial charge in [-0.15, -0.1) is 0 Å². The highest BCUT2D eigenvalue weighted by atomic mass is 16.5. The van der Waals surface area contributed by atoms with E-state index in [-0.39, 0.29) is 16.6 Å². The number of carbonyl (C=O) groups is 1. The lowest BCUT2D eigenvalue weighted by molar-refractivity contribution is 0.0566. The minimum absolute atomic E-state index is 0.156. The molecule has 0 bridgehead atoms. The number of methoxy groups -OCH3 is 1. The zero-order valence-electron chi connectivity index (χ0n) is 15.6. The predicted molar refractivity (Wildman–Crippen MR) is 99.0 cm³/mol. The number of hydrogen-bond donors (Lipinski definition) is 0. The Morgan fingerprint density at radius 3 is 2.44 bits per heavy atom. The number of benzene rings is 1. The van der Waals surface area contributed by atoms with E-state index in [2.05, 4.69) is 55.6 Å². The van der Waals surface area contributed by atoms with Crippen molar-refractivity contribution in [3.8, 4) is 0 Å². The maximum atomic E-state index is 11.4. The van der Waals surface area contributed by atoms with Crippen molar-refractivity contribution in [1.82, 2.24) is 0 Å². The first-order valence-electron chi connectivity index (χ1n) is 8.60. The summed E-state index contributed by atoms with van der Waals surface area (Å²) in [7, 11) is 1.32. The van der Waals surface area contributed by atoms with Gasteiger partial charge in [0.05, 0.1) is 7.11 Å². The summed E-state index contributed by atoms with van der Waals surface area (Å²) in [4.78, 5) is 15.8. The Labute approximate surface area is 148 Å². The fraction of sp³-hybridized carbons (Fsp3) is 0.429. The summed E-state index contributed by atoms with van der Waals surface area (Å²) in [5.74, 6) is 0.0416. The smallest absolute Gasteiger partial charge is 0.374 e. The largest absolute Gasteiger partial charge is 0.463 e. The summed E-state index contributed by atoms with van der Waals surface area (Å²) in [5, 5.41) is 0. The Bertz CT molecular complexity index is 827. The first kappa shape index (κ1) is 17.5. The summed E-state index contributed by atoms with van der Waals surface area (Å²) < 4.78 is 10.0. The molecule has 132 valence electrons. The van der Waals surface area contributed by atoms with Crippen molar-refractivity contribution in [2.75, 3.05) is 7.11 Å². The van der Waals surface area contributed by atoms with Crippen molar-refractivity contribution in [2.45, 2.75) is 51.4 Å². The molecule has 0 unspecified atom stereocenters. The predicted octanol–water partition coefficient (Wildman–Crippen LogP) is 5.17. The van der Waals surface area contributed by atoms with E-state index in [1.165, 1.54) is 31.1 Å². The van der Waals surface area contributed by atoms with E-state index in [0.717, 1.165) is 5.56 Å². The molecule has 4 heteroatoms. The van der Waals surface area contributed by atoms with Gasteiger partial charge in [-0.05, 0) is 52.5 Å². The monoisotopic (exact) mass is 339 g/mol. The Morgan fingerprint density at radius 1 is 1.08 bits per heavy atom. The van der Waals surface area contributed by atoms with E-state index < -0.39 is 5.97 Å². The van der Waals surface area contributed by atoms with Gasteiger partial charge in [0.1, 0.15) is 0 Å². The Morgan fingerprint density at radius 2 is 1.76 bits per heavy atom. The van der Waals surface area contributed by atoms with Crippen LogP contribution in [0.5, 0.6) is 0 Å². The van der Waals surface area contributed by atoms with Crippen molar-refractivity contribution in [3.63, 3.8) is 0 Å². The average Bonchev–Trinajstić information content (AvgIpc) is 3.05. The summed E-state index contributed by atoms with van der Waals surface area (Å²) in [6.45, 7) is 9.23. The van der Waals surface area contributed by atoms with Crippen LogP contribution in [-0.2, 0) is 15.6 Å². The highest BCUT2D eigenvalue weighted by Gasteiger charge is 2.36. The second-order valence-corrected chi connectivity index (χ2v) is 7.96. The average molecular weight is 339 g/mol. The van der Waals surface area contributed by atoms with Crippen molar-refractivity contribution in [1.29, 1.82) is 0 Å². The Kier molecular flexibility index (Phi) is 4.31. The van der Waals surface area contributed by atoms with Gasteiger partial charge in [0.2, 0.25) is 11.6 Å². The molecular formula is C21H25NO3. The van der Waals surface area contributed by atoms with Crippen molar-refractivity contribution in [3.05, 3.63) is 52.8 Å². The van der Waals surface area contributed by atoms with Crippen LogP contribution in [0.25, 0.3) is 0 Å². The summed E-state index contributed by atoms with van der Waals surface area (Å²) >= 11 is 0. The van der Waals surface area contributed by atoms with Gasteiger partial charge in [0, 0.05) is 12.3 Å². The van der Waals surface area contributed by atoms with E-state index in [1.807, 2.05) is 0 Å². The molecule has 0 N–H and O–H groups in total. The topological polar surface area (TPSA) is 51.8 Å². The quantitative estimate of drug-likeness (QED) is 0.573. The zero-order chi connectivity index (χ0) is 18.2. The number of rotatable bonds is 3. The molecule has 0 amide bonds. The van der Waals surface area contributed by atoms with Crippen LogP contribution in [0.2, 0.25) is 0 Å². The Hall–Kier alpha value is -2.36. The molecule has 1 aliphatic carbocycles. The van der Waals surface area contributed by atoms with E-state index in [0.29, 0.717) is 5.88 Å². The molecule has 0 fully saturated rings. The van der Waals surface area contributed by atoms with Crippen LogP contribution in [0.15, 0.2) is 39.7 Å². The summed E-state index contributed by atoms with van der Waals surface area (Å²) in [6, 6.07) is 9.77. The molecule has 2 aromatic rings. The highest BCUT2D eigenvalue weighted by Crippen LogP contribution is 2.45. The standard InChI is InChI=1S/C21H25NO3/c1-20(2)10-11-21(3,4)16-12-14(6-7-15(16)20)13-22-18-9-8-17(25-18)19(23)24-5/h6-9,12-13H,10-11H2,1-5H3. The molecular weight excluding hydrogens is 314 g/mol. The minimum atomic E-state index is -0.501. The first-order chi connectivity index (χ1) is 11.7. The lowest BCUT2D eigenvalue weighted by Crippen LogP contribution is -2.33. The van der Waals surface area contributed by atoms with Gasteiger partial charge in [0.15, 0.2) is 0 Å². The minimum Gasteiger partial charge on any atom is -0.463 e. The normalized spacial score (nSPS) is 18.1. The first-order valence-corrected chi connectivity index (χ1v) is 8.60. The third-order valence-electron chi connectivity index (χ3n) is 5.20. The lowest BCUT2D eigenvalue weighted by atomic mass is 9.63. The van der Waals surface area contributed by atoms with Crippen LogP contribution in [0.3, 0.4) is 0 Å². The van der Waals surface area contributed by atoms with Crippen LogP contribution in [0, 0.1) is 0 Å². The number of fused-ring (bicyclic) bond motifs is 1. The van der Waals surface area contributed by atoms with Crippen LogP contribution in [0.1, 0.15) is 67.8 Å². The molecule has 3 rings (SSSR count). The fourth-order valence-electron chi connectivity index (χ4n) is 3.43. The van der Waals surface area contributed by atoms with Crippen molar-refractivity contribution >= 4 is 18.1 Å². The number of hydrogen-bond acceptors (Lipinski definition) is 4. The molecule has 0 aliphatic heterocycles. The molecule has 0 saturated carbocycles. The van der Waals surface area contributed by atoms with E-state index >= 15 is 0 Å². The van der Waals surface area contributed by atoms with Gasteiger partial charge in [0.25, 0.3) is 0 Å². The Balaban J connectivity index is 1.89. The van der Waals surface area contributed by atoms with Crippen molar-refractivity contribution in [2.24, 2.45) is 4.99 Å². The molecule has 4 nitrogen and oxygen atoms in total. The molecule has 1 aromatic carbocycles. The third kappa shape index (κ3) is 3.39. The van der Waals surface area contributed by atoms with Gasteiger partial charge in [-0.1, -0.05) is 39.8 Å². The second kappa shape index (κ2) is 6.17. The molecule has 0 atom stereocenters. The molecule has 1 aliphatic rings. The summed E-state index contributed by atoms with van der Waals surface area (Å²) in [6.07, 6.45) is 4.15. The molecule has 0 spiro atoms. The van der Waals surface area contributed by atoms with Gasteiger partial charge in [-0.3, -0.25) is 0 Å². The van der Waals surface area contributed by atoms with E-state index in [4.69, 9.17) is 4.42 Å². The molecule has 1 aromatic heterocycles. The van der Waals surface area contributed by atoms with Crippen LogP contribution >= 0.6 is 0 Å². The maximum absolute atomic E-state index is 11.4.